The molecule has 58 heavy (non-hydrogen) atoms. The molecule has 20 nitrogen and oxygen atoms in total. The van der Waals surface area contributed by atoms with Crippen molar-refractivity contribution < 1.29 is 53.6 Å². The van der Waals surface area contributed by atoms with E-state index in [1.165, 1.54) is 55.5 Å². The molecule has 4 aromatic rings. The molecule has 0 aliphatic heterocycles. The van der Waals surface area contributed by atoms with Crippen molar-refractivity contribution in [1.29, 1.82) is 0 Å². The first-order chi connectivity index (χ1) is 27.0. The zero-order valence-corrected chi connectivity index (χ0v) is 32.3. The summed E-state index contributed by atoms with van der Waals surface area (Å²) in [6, 6.07) is 13.4. The number of carbonyl (C=O) groups is 2. The third kappa shape index (κ3) is 9.96. The second-order valence-corrected chi connectivity index (χ2v) is 16.4. The Bertz CT molecular complexity index is 2920. The van der Waals surface area contributed by atoms with Crippen molar-refractivity contribution in [2.45, 2.75) is 28.5 Å². The maximum absolute atomic E-state index is 12.4. The van der Waals surface area contributed by atoms with Gasteiger partial charge in [0.15, 0.2) is 5.78 Å². The molecular formula is C35H30N8O12S3. The van der Waals surface area contributed by atoms with Gasteiger partial charge >= 0.3 is 5.97 Å². The number of aliphatic carboxylic acids is 1. The van der Waals surface area contributed by atoms with E-state index in [0.717, 1.165) is 42.5 Å². The lowest BCUT2D eigenvalue weighted by atomic mass is 9.97. The number of anilines is 3. The van der Waals surface area contributed by atoms with Gasteiger partial charge < -0.3 is 16.6 Å². The Hall–Kier alpha value is -6.76. The molecule has 23 heteroatoms. The number of Topliss-reactive ketones (excluding diaryl/α,β-unsaturated/α-hetero) is 1. The average molecular weight is 851 g/mol. The van der Waals surface area contributed by atoms with Gasteiger partial charge in [-0.3, -0.25) is 23.9 Å². The number of hydrazone groups is 1. The number of carbonyl (C=O) groups excluding carboxylic acids is 1. The molecule has 1 aliphatic carbocycles. The molecule has 0 saturated carbocycles. The molecule has 0 unspecified atom stereocenters. The van der Waals surface area contributed by atoms with Crippen LogP contribution in [0.2, 0.25) is 0 Å². The van der Waals surface area contributed by atoms with Crippen LogP contribution >= 0.6 is 0 Å². The summed E-state index contributed by atoms with van der Waals surface area (Å²) >= 11 is 0. The zero-order chi connectivity index (χ0) is 42.7. The lowest BCUT2D eigenvalue weighted by Crippen LogP contribution is -2.19. The average Bonchev–Trinajstić information content (AvgIpc) is 3.14. The van der Waals surface area contributed by atoms with Gasteiger partial charge in [0.25, 0.3) is 30.4 Å². The van der Waals surface area contributed by atoms with Gasteiger partial charge in [0, 0.05) is 0 Å². The molecular weight excluding hydrogens is 821 g/mol. The van der Waals surface area contributed by atoms with E-state index in [-0.39, 0.29) is 67.1 Å². The van der Waals surface area contributed by atoms with E-state index in [0.29, 0.717) is 5.56 Å². The maximum atomic E-state index is 12.4. The number of nitrogens with one attached hydrogen (secondary N) is 1. The van der Waals surface area contributed by atoms with Crippen LogP contribution in [0, 0.1) is 6.92 Å². The minimum atomic E-state index is -4.93. The molecule has 0 amide bonds. The molecule has 0 atom stereocenters. The highest BCUT2D eigenvalue weighted by Crippen LogP contribution is 2.41. The second-order valence-electron chi connectivity index (χ2n) is 12.2. The standard InChI is InChI=1S/C35H30N8O12S3/c1-18-14-28(42-38-22-9-11-26(12-10-22)56(47,48)49)32(37)33(31(18)36)43-40-24-8-6-21(30(17-24)58(53,54)55)4-3-20-5-7-23(16-29(20)57(50,51)52)39-41-25-13-19(2)34(44)27(15-25)35(45)46/h3-17,39H,36-37H2,1-2H3,(H,45,46)(H,47,48,49)(H,50,51,52)(H,53,54,55)/b4-3+,41-25-,42-38?,43-40?. The highest BCUT2D eigenvalue weighted by molar-refractivity contribution is 7.86. The van der Waals surface area contributed by atoms with Crippen molar-refractivity contribution in [3.05, 3.63) is 107 Å². The molecule has 0 bridgehead atoms. The first-order valence-corrected chi connectivity index (χ1v) is 20.4. The van der Waals surface area contributed by atoms with Crippen molar-refractivity contribution in [3.63, 3.8) is 0 Å². The Morgan fingerprint density at radius 2 is 1.26 bits per heavy atom. The summed E-state index contributed by atoms with van der Waals surface area (Å²) in [7, 11) is -14.3. The minimum Gasteiger partial charge on any atom is -0.478 e. The number of carboxylic acids is 1. The number of hydrogen-bond acceptors (Lipinski definition) is 16. The number of carboxylic acid groups (broad SMARTS) is 1. The quantitative estimate of drug-likeness (QED) is 0.0158. The van der Waals surface area contributed by atoms with Gasteiger partial charge in [-0.25, -0.2) is 4.79 Å². The van der Waals surface area contributed by atoms with Crippen LogP contribution in [0.5, 0.6) is 0 Å². The van der Waals surface area contributed by atoms with Crippen LogP contribution in [0.3, 0.4) is 0 Å². The maximum Gasteiger partial charge on any atom is 0.339 e. The number of aryl methyl sites for hydroxylation is 1. The lowest BCUT2D eigenvalue weighted by Gasteiger charge is -2.11. The van der Waals surface area contributed by atoms with E-state index >= 15 is 0 Å². The fourth-order valence-electron chi connectivity index (χ4n) is 5.11. The predicted octanol–water partition coefficient (Wildman–Crippen LogP) is 6.21. The van der Waals surface area contributed by atoms with Gasteiger partial charge in [-0.1, -0.05) is 24.3 Å². The molecule has 0 aromatic heterocycles. The summed E-state index contributed by atoms with van der Waals surface area (Å²) in [5, 5.41) is 29.5. The Labute approximate surface area is 330 Å². The highest BCUT2D eigenvalue weighted by Gasteiger charge is 2.24. The number of azo groups is 2. The van der Waals surface area contributed by atoms with E-state index in [1.807, 2.05) is 0 Å². The molecule has 0 fully saturated rings. The van der Waals surface area contributed by atoms with Crippen LogP contribution in [0.15, 0.2) is 130 Å². The SMILES string of the molecule is CC1=C/C(=N/Nc2ccc(/C=C/c3ccc(N=Nc4c(N)c(C)cc(N=Nc5ccc(S(=O)(=O)O)cc5)c4N)cc3S(=O)(=O)O)c(S(=O)(=O)O)c2)C=C(C(=O)O)C1=O. The molecule has 9 N–H and O–H groups in total. The molecule has 300 valence electrons. The van der Waals surface area contributed by atoms with Crippen molar-refractivity contribution in [2.75, 3.05) is 16.9 Å². The number of rotatable bonds is 12. The molecule has 0 spiro atoms. The molecule has 5 rings (SSSR count). The first-order valence-electron chi connectivity index (χ1n) is 16.1. The largest absolute Gasteiger partial charge is 0.478 e. The van der Waals surface area contributed by atoms with Gasteiger partial charge in [-0.05, 0) is 103 Å². The van der Waals surface area contributed by atoms with Crippen molar-refractivity contribution >= 4 is 99.8 Å². The van der Waals surface area contributed by atoms with Crippen molar-refractivity contribution in [3.8, 4) is 0 Å². The Kier molecular flexibility index (Phi) is 12.0. The molecule has 0 radical (unpaired) electrons. The van der Waals surface area contributed by atoms with E-state index in [2.05, 4.69) is 31.0 Å². The third-order valence-electron chi connectivity index (χ3n) is 8.05. The van der Waals surface area contributed by atoms with Crippen LogP contribution in [-0.2, 0) is 39.9 Å². The van der Waals surface area contributed by atoms with E-state index < -0.39 is 57.5 Å². The number of benzene rings is 4. The van der Waals surface area contributed by atoms with Gasteiger partial charge in [-0.15, -0.1) is 10.2 Å². The van der Waals surface area contributed by atoms with Gasteiger partial charge in [0.2, 0.25) is 0 Å². The molecule has 1 aliphatic rings. The summed E-state index contributed by atoms with van der Waals surface area (Å²) in [4.78, 5) is 21.8. The fourth-order valence-corrected chi connectivity index (χ4v) is 7.00. The Morgan fingerprint density at radius 1 is 0.690 bits per heavy atom. The van der Waals surface area contributed by atoms with Gasteiger partial charge in [0.05, 0.1) is 39.0 Å². The number of nitrogens with zero attached hydrogens (tertiary/aromatic N) is 5. The summed E-state index contributed by atoms with van der Waals surface area (Å²) in [5.74, 6) is -2.16. The van der Waals surface area contributed by atoms with Crippen LogP contribution in [0.1, 0.15) is 23.6 Å². The molecule has 0 heterocycles. The van der Waals surface area contributed by atoms with Crippen LogP contribution in [0.4, 0.5) is 39.8 Å². The predicted molar refractivity (Wildman–Crippen MR) is 212 cm³/mol. The smallest absolute Gasteiger partial charge is 0.339 e. The monoisotopic (exact) mass is 850 g/mol. The summed E-state index contributed by atoms with van der Waals surface area (Å²) < 4.78 is 101. The van der Waals surface area contributed by atoms with E-state index in [4.69, 9.17) is 16.0 Å². The normalized spacial score (nSPS) is 14.7. The topological polar surface area (TPSA) is 343 Å². The van der Waals surface area contributed by atoms with Gasteiger partial charge in [0.1, 0.15) is 26.7 Å². The third-order valence-corrected chi connectivity index (χ3v) is 10.7. The lowest BCUT2D eigenvalue weighted by molar-refractivity contribution is -0.134. The molecule has 4 aromatic carbocycles. The van der Waals surface area contributed by atoms with Crippen LogP contribution in [-0.4, -0.2) is 61.5 Å². The highest BCUT2D eigenvalue weighted by atomic mass is 32.2. The van der Waals surface area contributed by atoms with E-state index in [1.54, 1.807) is 6.92 Å². The summed E-state index contributed by atoms with van der Waals surface area (Å²) in [5.41, 5.74) is 15.0. The van der Waals surface area contributed by atoms with Gasteiger partial charge in [-0.2, -0.15) is 40.6 Å². The number of allylic oxidation sites excluding steroid dienone is 3. The first kappa shape index (κ1) is 42.4. The second kappa shape index (κ2) is 16.4. The fraction of sp³-hybridized carbons (Fsp3) is 0.0571. The molecule has 0 saturated heterocycles. The Morgan fingerprint density at radius 3 is 1.84 bits per heavy atom. The summed E-state index contributed by atoms with van der Waals surface area (Å²) in [6.45, 7) is 3.01. The number of nitrogen functional groups attached to an aromatic ring is 2. The van der Waals surface area contributed by atoms with Crippen LogP contribution in [0.25, 0.3) is 12.2 Å². The van der Waals surface area contributed by atoms with Crippen LogP contribution < -0.4 is 16.9 Å². The van der Waals surface area contributed by atoms with Crippen molar-refractivity contribution in [1.82, 2.24) is 0 Å². The zero-order valence-electron chi connectivity index (χ0n) is 29.8. The summed E-state index contributed by atoms with van der Waals surface area (Å²) in [6.07, 6.45) is 4.63. The Balaban J connectivity index is 1.43. The minimum absolute atomic E-state index is 0.0250. The van der Waals surface area contributed by atoms with E-state index in [9.17, 15) is 49.1 Å². The number of nitrogens with two attached hydrogens (primary N) is 2. The number of hydrogen-bond donors (Lipinski definition) is 7. The number of ketones is 1. The van der Waals surface area contributed by atoms with Crippen molar-refractivity contribution in [2.24, 2.45) is 25.6 Å².